The molecular weight excluding hydrogens is 160 g/mol. The summed E-state index contributed by atoms with van der Waals surface area (Å²) in [7, 11) is 0. The molecule has 0 amide bonds. The van der Waals surface area contributed by atoms with Gasteiger partial charge in [-0.3, -0.25) is 0 Å². The van der Waals surface area contributed by atoms with Crippen LogP contribution in [0.15, 0.2) is 24.3 Å². The number of fused-ring (bicyclic) bond motifs is 3. The molecular formula is C11H10N2. The van der Waals surface area contributed by atoms with Crippen LogP contribution in [0.4, 0.5) is 0 Å². The zero-order valence-electron chi connectivity index (χ0n) is 7.22. The largest absolute Gasteiger partial charge is 0.357 e. The van der Waals surface area contributed by atoms with Crippen molar-refractivity contribution in [3.63, 3.8) is 0 Å². The van der Waals surface area contributed by atoms with Gasteiger partial charge in [0.15, 0.2) is 0 Å². The van der Waals surface area contributed by atoms with Gasteiger partial charge < -0.3 is 10.3 Å². The van der Waals surface area contributed by atoms with E-state index in [1.54, 1.807) is 0 Å². The fraction of sp³-hybridized carbons (Fsp3) is 0.182. The molecule has 0 atom stereocenters. The first kappa shape index (κ1) is 7.15. The van der Waals surface area contributed by atoms with Gasteiger partial charge in [0.1, 0.15) is 0 Å². The average molecular weight is 170 g/mol. The fourth-order valence-electron chi connectivity index (χ4n) is 1.91. The molecule has 1 aliphatic rings. The molecule has 2 heteroatoms. The Morgan fingerprint density at radius 1 is 1.23 bits per heavy atom. The normalized spacial score (nSPS) is 16.0. The van der Waals surface area contributed by atoms with E-state index < -0.39 is 0 Å². The minimum absolute atomic E-state index is 0.879. The fourth-order valence-corrected chi connectivity index (χ4v) is 1.91. The molecule has 0 saturated carbocycles. The first-order chi connectivity index (χ1) is 6.45. The number of aromatic amines is 1. The van der Waals surface area contributed by atoms with Crippen LogP contribution >= 0.6 is 0 Å². The third kappa shape index (κ3) is 0.988. The second-order valence-electron chi connectivity index (χ2n) is 3.33. The molecule has 0 saturated heterocycles. The van der Waals surface area contributed by atoms with Crippen molar-refractivity contribution < 1.29 is 0 Å². The van der Waals surface area contributed by atoms with E-state index in [9.17, 15) is 0 Å². The van der Waals surface area contributed by atoms with Crippen LogP contribution in [0.1, 0.15) is 11.3 Å². The van der Waals surface area contributed by atoms with Crippen LogP contribution in [0, 0.1) is 6.54 Å². The number of H-pyrrole nitrogens is 1. The standard InChI is InChI=1S/C11H10N2/c1-2-4-10-8(3-1)9-5-6-12-7-11(9)13-10/h1-4,12-13H,5,7H2. The lowest BCUT2D eigenvalue weighted by Crippen LogP contribution is -2.18. The van der Waals surface area contributed by atoms with Crippen molar-refractivity contribution >= 4 is 10.9 Å². The van der Waals surface area contributed by atoms with Crippen LogP contribution in [0.2, 0.25) is 0 Å². The predicted octanol–water partition coefficient (Wildman–Crippen LogP) is 1.85. The average Bonchev–Trinajstić information content (AvgIpc) is 2.56. The lowest BCUT2D eigenvalue weighted by Gasteiger charge is -2.10. The summed E-state index contributed by atoms with van der Waals surface area (Å²) in [6.07, 6.45) is 0.902. The second-order valence-corrected chi connectivity index (χ2v) is 3.33. The summed E-state index contributed by atoms with van der Waals surface area (Å²) in [6.45, 7) is 4.03. The number of hydrogen-bond acceptors (Lipinski definition) is 1. The topological polar surface area (TPSA) is 27.8 Å². The third-order valence-corrected chi connectivity index (χ3v) is 2.56. The van der Waals surface area contributed by atoms with Crippen LogP contribution in [-0.4, -0.2) is 4.98 Å². The Balaban J connectivity index is 2.34. The van der Waals surface area contributed by atoms with Crippen molar-refractivity contribution in [2.45, 2.75) is 13.0 Å². The summed E-state index contributed by atoms with van der Waals surface area (Å²) < 4.78 is 0. The molecule has 0 fully saturated rings. The predicted molar refractivity (Wildman–Crippen MR) is 52.1 cm³/mol. The van der Waals surface area contributed by atoms with Crippen molar-refractivity contribution in [2.75, 3.05) is 0 Å². The van der Waals surface area contributed by atoms with Gasteiger partial charge in [-0.2, -0.15) is 0 Å². The molecule has 2 heterocycles. The lowest BCUT2D eigenvalue weighted by molar-refractivity contribution is 0.716. The second kappa shape index (κ2) is 2.60. The number of hydrogen-bond donors (Lipinski definition) is 2. The monoisotopic (exact) mass is 170 g/mol. The zero-order chi connectivity index (χ0) is 8.67. The van der Waals surface area contributed by atoms with E-state index in [2.05, 4.69) is 41.1 Å². The van der Waals surface area contributed by atoms with E-state index >= 15 is 0 Å². The maximum Gasteiger partial charge on any atom is 0.0638 e. The van der Waals surface area contributed by atoms with E-state index in [1.165, 1.54) is 22.2 Å². The van der Waals surface area contributed by atoms with Crippen molar-refractivity contribution in [3.8, 4) is 0 Å². The molecule has 1 aromatic carbocycles. The summed E-state index contributed by atoms with van der Waals surface area (Å²) in [6, 6.07) is 8.43. The van der Waals surface area contributed by atoms with Gasteiger partial charge in [0.05, 0.1) is 6.54 Å². The van der Waals surface area contributed by atoms with Gasteiger partial charge in [0.2, 0.25) is 0 Å². The van der Waals surface area contributed by atoms with Crippen molar-refractivity contribution in [1.29, 1.82) is 0 Å². The van der Waals surface area contributed by atoms with Crippen molar-refractivity contribution in [1.82, 2.24) is 10.3 Å². The van der Waals surface area contributed by atoms with Crippen LogP contribution in [0.3, 0.4) is 0 Å². The van der Waals surface area contributed by atoms with E-state index in [0.29, 0.717) is 0 Å². The molecule has 64 valence electrons. The molecule has 0 aliphatic carbocycles. The molecule has 1 aromatic heterocycles. The maximum atomic E-state index is 3.41. The maximum absolute atomic E-state index is 3.41. The lowest BCUT2D eigenvalue weighted by atomic mass is 10.1. The van der Waals surface area contributed by atoms with Crippen LogP contribution in [0.25, 0.3) is 10.9 Å². The highest BCUT2D eigenvalue weighted by molar-refractivity contribution is 5.84. The molecule has 2 radical (unpaired) electrons. The van der Waals surface area contributed by atoms with E-state index in [1.807, 2.05) is 0 Å². The Hall–Kier alpha value is -1.28. The number of nitrogens with one attached hydrogen (secondary N) is 2. The van der Waals surface area contributed by atoms with E-state index in [0.717, 1.165) is 13.0 Å². The minimum Gasteiger partial charge on any atom is -0.357 e. The van der Waals surface area contributed by atoms with Gasteiger partial charge in [-0.15, -0.1) is 0 Å². The molecule has 0 bridgehead atoms. The van der Waals surface area contributed by atoms with E-state index in [-0.39, 0.29) is 0 Å². The summed E-state index contributed by atoms with van der Waals surface area (Å²) in [5, 5.41) is 4.46. The number of benzene rings is 1. The molecule has 13 heavy (non-hydrogen) atoms. The van der Waals surface area contributed by atoms with Crippen LogP contribution in [0.5, 0.6) is 0 Å². The first-order valence-corrected chi connectivity index (χ1v) is 4.49. The summed E-state index contributed by atoms with van der Waals surface area (Å²) in [4.78, 5) is 3.41. The highest BCUT2D eigenvalue weighted by atomic mass is 14.9. The molecule has 0 unspecified atom stereocenters. The number of para-hydroxylation sites is 1. The number of aromatic nitrogens is 1. The van der Waals surface area contributed by atoms with Gasteiger partial charge in [0, 0.05) is 23.1 Å². The Bertz CT molecular complexity index is 442. The van der Waals surface area contributed by atoms with Gasteiger partial charge >= 0.3 is 0 Å². The Labute approximate surface area is 77.0 Å². The molecule has 3 rings (SSSR count). The van der Waals surface area contributed by atoms with Crippen LogP contribution in [-0.2, 0) is 13.0 Å². The van der Waals surface area contributed by atoms with Crippen molar-refractivity contribution in [3.05, 3.63) is 42.1 Å². The SMILES string of the molecule is [C]1Cc2c([nH]c3ccccc23)CN1. The summed E-state index contributed by atoms with van der Waals surface area (Å²) in [5.41, 5.74) is 3.94. The number of rotatable bonds is 0. The Morgan fingerprint density at radius 3 is 3.15 bits per heavy atom. The zero-order valence-corrected chi connectivity index (χ0v) is 7.22. The molecule has 2 nitrogen and oxygen atoms in total. The van der Waals surface area contributed by atoms with Gasteiger partial charge in [-0.25, -0.2) is 0 Å². The third-order valence-electron chi connectivity index (χ3n) is 2.56. The molecule has 1 aliphatic heterocycles. The molecule has 2 N–H and O–H groups in total. The Morgan fingerprint density at radius 2 is 2.15 bits per heavy atom. The molecule has 0 spiro atoms. The minimum atomic E-state index is 0.879. The van der Waals surface area contributed by atoms with Crippen molar-refractivity contribution in [2.24, 2.45) is 0 Å². The van der Waals surface area contributed by atoms with E-state index in [4.69, 9.17) is 0 Å². The van der Waals surface area contributed by atoms with Gasteiger partial charge in [-0.1, -0.05) is 18.2 Å². The van der Waals surface area contributed by atoms with Crippen LogP contribution < -0.4 is 5.32 Å². The Kier molecular flexibility index (Phi) is 1.43. The highest BCUT2D eigenvalue weighted by Crippen LogP contribution is 2.25. The first-order valence-electron chi connectivity index (χ1n) is 4.49. The quantitative estimate of drug-likeness (QED) is 0.620. The molecule has 2 aromatic rings. The van der Waals surface area contributed by atoms with Gasteiger partial charge in [-0.05, 0) is 18.1 Å². The highest BCUT2D eigenvalue weighted by Gasteiger charge is 2.14. The summed E-state index contributed by atoms with van der Waals surface area (Å²) in [5.74, 6) is 0. The summed E-state index contributed by atoms with van der Waals surface area (Å²) >= 11 is 0. The smallest absolute Gasteiger partial charge is 0.0638 e. The van der Waals surface area contributed by atoms with Gasteiger partial charge in [0.25, 0.3) is 0 Å².